The van der Waals surface area contributed by atoms with Crippen molar-refractivity contribution in [3.63, 3.8) is 0 Å². The third kappa shape index (κ3) is 3.73. The van der Waals surface area contributed by atoms with Crippen LogP contribution in [0.25, 0.3) is 0 Å². The third-order valence-corrected chi connectivity index (χ3v) is 4.70. The summed E-state index contributed by atoms with van der Waals surface area (Å²) in [6, 6.07) is 13.7. The van der Waals surface area contributed by atoms with E-state index in [-0.39, 0.29) is 11.5 Å². The summed E-state index contributed by atoms with van der Waals surface area (Å²) in [5.41, 5.74) is 1.04. The standard InChI is InChI=1S/C19H20N6O3/c26-25(27)17-18(20-13-16-7-4-12-28-16)21-14-22-19(17)24-10-8-23(9-11-24)15-5-2-1-3-6-15/h1-7,12,14H,8-11,13H2,(H,20,21,22). The van der Waals surface area contributed by atoms with Crippen LogP contribution in [0, 0.1) is 10.1 Å². The van der Waals surface area contributed by atoms with E-state index < -0.39 is 4.92 Å². The summed E-state index contributed by atoms with van der Waals surface area (Å²) in [5, 5.41) is 14.7. The summed E-state index contributed by atoms with van der Waals surface area (Å²) in [7, 11) is 0. The van der Waals surface area contributed by atoms with Crippen LogP contribution in [0.2, 0.25) is 0 Å². The smallest absolute Gasteiger partial charge is 0.353 e. The lowest BCUT2D eigenvalue weighted by molar-refractivity contribution is -0.383. The van der Waals surface area contributed by atoms with E-state index in [0.717, 1.165) is 18.8 Å². The molecule has 0 atom stereocenters. The van der Waals surface area contributed by atoms with Crippen molar-refractivity contribution in [3.05, 3.63) is 70.9 Å². The number of anilines is 3. The lowest BCUT2D eigenvalue weighted by Crippen LogP contribution is -2.47. The Hall–Kier alpha value is -3.62. The SMILES string of the molecule is O=[N+]([O-])c1c(NCc2ccco2)ncnc1N1CCN(c2ccccc2)CC1. The molecule has 3 heterocycles. The molecule has 0 aliphatic carbocycles. The molecule has 28 heavy (non-hydrogen) atoms. The molecule has 1 aromatic carbocycles. The number of para-hydroxylation sites is 1. The Kier molecular flexibility index (Phi) is 5.05. The van der Waals surface area contributed by atoms with Crippen molar-refractivity contribution in [1.29, 1.82) is 0 Å². The topological polar surface area (TPSA) is 101 Å². The van der Waals surface area contributed by atoms with Gasteiger partial charge >= 0.3 is 5.69 Å². The minimum Gasteiger partial charge on any atom is -0.467 e. The first-order valence-electron chi connectivity index (χ1n) is 9.03. The zero-order valence-corrected chi connectivity index (χ0v) is 15.2. The van der Waals surface area contributed by atoms with E-state index in [4.69, 9.17) is 4.42 Å². The predicted molar refractivity (Wildman–Crippen MR) is 106 cm³/mol. The van der Waals surface area contributed by atoms with Crippen LogP contribution < -0.4 is 15.1 Å². The van der Waals surface area contributed by atoms with Crippen LogP contribution in [0.5, 0.6) is 0 Å². The molecule has 0 radical (unpaired) electrons. The van der Waals surface area contributed by atoms with Crippen LogP contribution in [0.15, 0.2) is 59.5 Å². The summed E-state index contributed by atoms with van der Waals surface area (Å²) >= 11 is 0. The molecule has 0 unspecified atom stereocenters. The summed E-state index contributed by atoms with van der Waals surface area (Å²) in [5.74, 6) is 1.21. The first-order valence-corrected chi connectivity index (χ1v) is 9.03. The summed E-state index contributed by atoms with van der Waals surface area (Å²) < 4.78 is 5.26. The molecule has 0 amide bonds. The normalized spacial score (nSPS) is 14.1. The van der Waals surface area contributed by atoms with Crippen LogP contribution in [-0.2, 0) is 6.54 Å². The highest BCUT2D eigenvalue weighted by Gasteiger charge is 2.29. The fraction of sp³-hybridized carbons (Fsp3) is 0.263. The summed E-state index contributed by atoms with van der Waals surface area (Å²) in [6.45, 7) is 3.13. The molecule has 1 N–H and O–H groups in total. The molecule has 2 aromatic heterocycles. The average molecular weight is 380 g/mol. The van der Waals surface area contributed by atoms with Gasteiger partial charge in [-0.05, 0) is 24.3 Å². The minimum absolute atomic E-state index is 0.109. The first kappa shape index (κ1) is 17.8. The fourth-order valence-corrected chi connectivity index (χ4v) is 3.30. The lowest BCUT2D eigenvalue weighted by atomic mass is 10.2. The maximum absolute atomic E-state index is 11.8. The molecule has 4 rings (SSSR count). The fourth-order valence-electron chi connectivity index (χ4n) is 3.30. The van der Waals surface area contributed by atoms with E-state index in [1.54, 1.807) is 18.4 Å². The van der Waals surface area contributed by atoms with E-state index in [2.05, 4.69) is 32.3 Å². The average Bonchev–Trinajstić information content (AvgIpc) is 3.26. The second-order valence-electron chi connectivity index (χ2n) is 6.39. The van der Waals surface area contributed by atoms with Crippen LogP contribution in [0.4, 0.5) is 23.0 Å². The molecule has 0 spiro atoms. The van der Waals surface area contributed by atoms with E-state index in [9.17, 15) is 10.1 Å². The second kappa shape index (κ2) is 7.95. The van der Waals surface area contributed by atoms with Gasteiger partial charge in [0.1, 0.15) is 12.1 Å². The Bertz CT molecular complexity index is 924. The van der Waals surface area contributed by atoms with E-state index in [1.807, 2.05) is 23.1 Å². The molecule has 9 heteroatoms. The van der Waals surface area contributed by atoms with Gasteiger partial charge in [-0.3, -0.25) is 10.1 Å². The Balaban J connectivity index is 1.51. The Morgan fingerprint density at radius 2 is 1.79 bits per heavy atom. The number of piperazine rings is 1. The highest BCUT2D eigenvalue weighted by Crippen LogP contribution is 2.33. The van der Waals surface area contributed by atoms with Gasteiger partial charge in [-0.25, -0.2) is 9.97 Å². The molecular formula is C19H20N6O3. The number of nitrogens with zero attached hydrogens (tertiary/aromatic N) is 5. The van der Waals surface area contributed by atoms with Crippen molar-refractivity contribution in [2.75, 3.05) is 41.3 Å². The molecule has 0 saturated carbocycles. The second-order valence-corrected chi connectivity index (χ2v) is 6.39. The number of hydrogen-bond donors (Lipinski definition) is 1. The van der Waals surface area contributed by atoms with Crippen molar-refractivity contribution in [1.82, 2.24) is 9.97 Å². The highest BCUT2D eigenvalue weighted by atomic mass is 16.6. The monoisotopic (exact) mass is 380 g/mol. The highest BCUT2D eigenvalue weighted by molar-refractivity contribution is 5.70. The summed E-state index contributed by atoms with van der Waals surface area (Å²) in [4.78, 5) is 23.8. The first-order chi connectivity index (χ1) is 13.7. The largest absolute Gasteiger partial charge is 0.467 e. The van der Waals surface area contributed by atoms with Crippen molar-refractivity contribution < 1.29 is 9.34 Å². The molecule has 1 aliphatic heterocycles. The van der Waals surface area contributed by atoms with Gasteiger partial charge in [0.25, 0.3) is 0 Å². The third-order valence-electron chi connectivity index (χ3n) is 4.70. The van der Waals surface area contributed by atoms with E-state index in [0.29, 0.717) is 31.2 Å². The Labute approximate surface area is 161 Å². The Morgan fingerprint density at radius 1 is 1.04 bits per heavy atom. The maximum atomic E-state index is 11.8. The summed E-state index contributed by atoms with van der Waals surface area (Å²) in [6.07, 6.45) is 2.92. The van der Waals surface area contributed by atoms with Gasteiger partial charge in [0, 0.05) is 31.9 Å². The van der Waals surface area contributed by atoms with Gasteiger partial charge < -0.3 is 19.5 Å². The van der Waals surface area contributed by atoms with Crippen LogP contribution in [0.3, 0.4) is 0 Å². The van der Waals surface area contributed by atoms with Crippen LogP contribution in [-0.4, -0.2) is 41.1 Å². The number of furan rings is 1. The van der Waals surface area contributed by atoms with Crippen molar-refractivity contribution in [2.45, 2.75) is 6.54 Å². The van der Waals surface area contributed by atoms with Crippen molar-refractivity contribution in [2.24, 2.45) is 0 Å². The van der Waals surface area contributed by atoms with Gasteiger partial charge in [0.05, 0.1) is 17.7 Å². The maximum Gasteiger partial charge on any atom is 0.353 e. The Morgan fingerprint density at radius 3 is 2.46 bits per heavy atom. The lowest BCUT2D eigenvalue weighted by Gasteiger charge is -2.36. The zero-order chi connectivity index (χ0) is 19.3. The molecule has 1 saturated heterocycles. The van der Waals surface area contributed by atoms with Gasteiger partial charge in [0.2, 0.25) is 11.6 Å². The number of hydrogen-bond acceptors (Lipinski definition) is 8. The van der Waals surface area contributed by atoms with Crippen LogP contribution in [0.1, 0.15) is 5.76 Å². The molecule has 0 bridgehead atoms. The van der Waals surface area contributed by atoms with Gasteiger partial charge in [-0.15, -0.1) is 0 Å². The van der Waals surface area contributed by atoms with Crippen LogP contribution >= 0.6 is 0 Å². The molecule has 1 fully saturated rings. The molecule has 3 aromatic rings. The quantitative estimate of drug-likeness (QED) is 0.515. The minimum atomic E-state index is -0.427. The number of benzene rings is 1. The van der Waals surface area contributed by atoms with E-state index >= 15 is 0 Å². The van der Waals surface area contributed by atoms with Gasteiger partial charge in [-0.2, -0.15) is 0 Å². The predicted octanol–water partition coefficient (Wildman–Crippen LogP) is 2.92. The molecular weight excluding hydrogens is 360 g/mol. The number of rotatable bonds is 6. The number of nitrogens with one attached hydrogen (secondary N) is 1. The number of aromatic nitrogens is 2. The van der Waals surface area contributed by atoms with Gasteiger partial charge in [0.15, 0.2) is 0 Å². The number of nitro groups is 1. The zero-order valence-electron chi connectivity index (χ0n) is 15.2. The molecule has 144 valence electrons. The molecule has 1 aliphatic rings. The van der Waals surface area contributed by atoms with Crippen molar-refractivity contribution >= 4 is 23.0 Å². The van der Waals surface area contributed by atoms with Gasteiger partial charge in [-0.1, -0.05) is 18.2 Å². The van der Waals surface area contributed by atoms with E-state index in [1.165, 1.54) is 6.33 Å². The van der Waals surface area contributed by atoms with Crippen molar-refractivity contribution in [3.8, 4) is 0 Å². The molecule has 9 nitrogen and oxygen atoms in total.